The van der Waals surface area contributed by atoms with E-state index < -0.39 is 0 Å². The van der Waals surface area contributed by atoms with Crippen molar-refractivity contribution < 1.29 is 0 Å². The number of nitrogens with zero attached hydrogens (tertiary/aromatic N) is 4. The van der Waals surface area contributed by atoms with Crippen LogP contribution in [0.1, 0.15) is 19.8 Å². The van der Waals surface area contributed by atoms with Gasteiger partial charge in [0.2, 0.25) is 0 Å². The summed E-state index contributed by atoms with van der Waals surface area (Å²) in [5.74, 6) is 3.00. The summed E-state index contributed by atoms with van der Waals surface area (Å²) >= 11 is 0. The maximum absolute atomic E-state index is 4.44. The zero-order valence-electron chi connectivity index (χ0n) is 11.8. The first kappa shape index (κ1) is 12.7. The molecule has 0 aromatic carbocycles. The Morgan fingerprint density at radius 1 is 1.11 bits per heavy atom. The van der Waals surface area contributed by atoms with Crippen molar-refractivity contribution in [2.45, 2.75) is 25.8 Å². The number of piperidine rings is 1. The molecule has 0 spiro atoms. The van der Waals surface area contributed by atoms with Crippen molar-refractivity contribution in [2.24, 2.45) is 5.92 Å². The zero-order chi connectivity index (χ0) is 13.2. The molecule has 2 fully saturated rings. The van der Waals surface area contributed by atoms with Crippen molar-refractivity contribution in [1.82, 2.24) is 15.3 Å². The van der Waals surface area contributed by atoms with Crippen molar-refractivity contribution in [3.05, 3.63) is 12.4 Å². The molecule has 0 unspecified atom stereocenters. The second kappa shape index (κ2) is 5.33. The van der Waals surface area contributed by atoms with E-state index in [4.69, 9.17) is 0 Å². The Kier molecular flexibility index (Phi) is 3.55. The van der Waals surface area contributed by atoms with E-state index in [1.165, 1.54) is 12.8 Å². The minimum Gasteiger partial charge on any atom is -0.356 e. The van der Waals surface area contributed by atoms with E-state index in [1.54, 1.807) is 6.33 Å². The third kappa shape index (κ3) is 2.66. The molecule has 3 rings (SSSR count). The van der Waals surface area contributed by atoms with Crippen LogP contribution < -0.4 is 15.1 Å². The monoisotopic (exact) mass is 261 g/mol. The molecule has 5 nitrogen and oxygen atoms in total. The Morgan fingerprint density at radius 2 is 1.74 bits per heavy atom. The highest BCUT2D eigenvalue weighted by molar-refractivity contribution is 5.52. The molecule has 5 heteroatoms. The minimum absolute atomic E-state index is 0.606. The van der Waals surface area contributed by atoms with Crippen molar-refractivity contribution >= 4 is 11.6 Å². The number of likely N-dealkylation sites (N-methyl/N-ethyl adjacent to an activating group) is 1. The van der Waals surface area contributed by atoms with Crippen LogP contribution in [0.5, 0.6) is 0 Å². The Bertz CT molecular complexity index is 422. The number of aromatic nitrogens is 2. The van der Waals surface area contributed by atoms with Gasteiger partial charge in [0.05, 0.1) is 0 Å². The third-order valence-corrected chi connectivity index (χ3v) is 4.36. The third-order valence-electron chi connectivity index (χ3n) is 4.36. The minimum atomic E-state index is 0.606. The topological polar surface area (TPSA) is 44.3 Å². The van der Waals surface area contributed by atoms with E-state index >= 15 is 0 Å². The van der Waals surface area contributed by atoms with E-state index in [0.29, 0.717) is 6.04 Å². The van der Waals surface area contributed by atoms with Gasteiger partial charge >= 0.3 is 0 Å². The number of rotatable bonds is 3. The molecule has 2 aliphatic heterocycles. The fourth-order valence-electron chi connectivity index (χ4n) is 2.77. The van der Waals surface area contributed by atoms with Crippen LogP contribution in [0.15, 0.2) is 12.4 Å². The quantitative estimate of drug-likeness (QED) is 0.883. The summed E-state index contributed by atoms with van der Waals surface area (Å²) in [5, 5.41) is 3.29. The van der Waals surface area contributed by atoms with E-state index in [2.05, 4.69) is 38.1 Å². The molecule has 0 atom stereocenters. The predicted molar refractivity (Wildman–Crippen MR) is 77.7 cm³/mol. The summed E-state index contributed by atoms with van der Waals surface area (Å²) < 4.78 is 0. The molecule has 1 aromatic heterocycles. The van der Waals surface area contributed by atoms with Crippen LogP contribution in [-0.4, -0.2) is 49.2 Å². The summed E-state index contributed by atoms with van der Waals surface area (Å²) in [4.78, 5) is 13.5. The van der Waals surface area contributed by atoms with Gasteiger partial charge in [-0.25, -0.2) is 9.97 Å². The lowest BCUT2D eigenvalue weighted by Crippen LogP contribution is -2.57. The fraction of sp³-hybridized carbons (Fsp3) is 0.714. The predicted octanol–water partition coefficient (Wildman–Crippen LogP) is 1.12. The van der Waals surface area contributed by atoms with Crippen molar-refractivity contribution in [3.8, 4) is 0 Å². The lowest BCUT2D eigenvalue weighted by atomic mass is 9.99. The van der Waals surface area contributed by atoms with Gasteiger partial charge < -0.3 is 15.1 Å². The maximum Gasteiger partial charge on any atom is 0.134 e. The molecule has 0 aliphatic carbocycles. The van der Waals surface area contributed by atoms with Crippen LogP contribution in [-0.2, 0) is 0 Å². The standard InChI is InChI=1S/C14H23N5/c1-11-3-5-18(6-4-11)13-7-14(17-10-16-13)19-8-12(9-19)15-2/h7,10-12,15H,3-6,8-9H2,1-2H3. The van der Waals surface area contributed by atoms with Crippen molar-refractivity contribution in [2.75, 3.05) is 43.0 Å². The highest BCUT2D eigenvalue weighted by Gasteiger charge is 2.27. The number of hydrogen-bond donors (Lipinski definition) is 1. The average molecular weight is 261 g/mol. The molecular weight excluding hydrogens is 238 g/mol. The molecule has 2 saturated heterocycles. The molecule has 3 heterocycles. The Morgan fingerprint density at radius 3 is 2.37 bits per heavy atom. The smallest absolute Gasteiger partial charge is 0.134 e. The first-order chi connectivity index (χ1) is 9.26. The Labute approximate surface area is 115 Å². The summed E-state index contributed by atoms with van der Waals surface area (Å²) in [6.45, 7) is 6.67. The van der Waals surface area contributed by atoms with Gasteiger partial charge in [-0.05, 0) is 25.8 Å². The molecule has 0 saturated carbocycles. The normalized spacial score (nSPS) is 21.6. The van der Waals surface area contributed by atoms with Gasteiger partial charge in [0, 0.05) is 38.3 Å². The summed E-state index contributed by atoms with van der Waals surface area (Å²) in [6, 6.07) is 2.75. The molecule has 0 amide bonds. The van der Waals surface area contributed by atoms with E-state index in [-0.39, 0.29) is 0 Å². The molecule has 2 aliphatic rings. The molecule has 1 N–H and O–H groups in total. The molecular formula is C14H23N5. The number of hydrogen-bond acceptors (Lipinski definition) is 5. The Hall–Kier alpha value is -1.36. The first-order valence-corrected chi connectivity index (χ1v) is 7.25. The van der Waals surface area contributed by atoms with Gasteiger partial charge in [-0.15, -0.1) is 0 Å². The van der Waals surface area contributed by atoms with Crippen LogP contribution in [0, 0.1) is 5.92 Å². The van der Waals surface area contributed by atoms with E-state index in [9.17, 15) is 0 Å². The molecule has 0 bridgehead atoms. The van der Waals surface area contributed by atoms with Gasteiger partial charge in [-0.3, -0.25) is 0 Å². The lowest BCUT2D eigenvalue weighted by molar-refractivity contribution is 0.435. The summed E-state index contributed by atoms with van der Waals surface area (Å²) in [5.41, 5.74) is 0. The van der Waals surface area contributed by atoms with Crippen LogP contribution >= 0.6 is 0 Å². The van der Waals surface area contributed by atoms with Gasteiger partial charge in [-0.1, -0.05) is 6.92 Å². The lowest BCUT2D eigenvalue weighted by Gasteiger charge is -2.40. The highest BCUT2D eigenvalue weighted by Crippen LogP contribution is 2.25. The summed E-state index contributed by atoms with van der Waals surface area (Å²) in [6.07, 6.45) is 4.24. The molecule has 19 heavy (non-hydrogen) atoms. The highest BCUT2D eigenvalue weighted by atomic mass is 15.3. The second-order valence-electron chi connectivity index (χ2n) is 5.79. The van der Waals surface area contributed by atoms with Crippen molar-refractivity contribution in [3.63, 3.8) is 0 Å². The largest absolute Gasteiger partial charge is 0.356 e. The fourth-order valence-corrected chi connectivity index (χ4v) is 2.77. The molecule has 104 valence electrons. The SMILES string of the molecule is CNC1CN(c2cc(N3CCC(C)CC3)ncn2)C1. The van der Waals surface area contributed by atoms with Crippen LogP contribution in [0.25, 0.3) is 0 Å². The average Bonchev–Trinajstić information content (AvgIpc) is 2.39. The van der Waals surface area contributed by atoms with Gasteiger partial charge in [0.25, 0.3) is 0 Å². The number of anilines is 2. The number of nitrogens with one attached hydrogen (secondary N) is 1. The second-order valence-corrected chi connectivity index (χ2v) is 5.79. The van der Waals surface area contributed by atoms with E-state index in [0.717, 1.165) is 43.7 Å². The van der Waals surface area contributed by atoms with Gasteiger partial charge in [0.1, 0.15) is 18.0 Å². The van der Waals surface area contributed by atoms with E-state index in [1.807, 2.05) is 7.05 Å². The van der Waals surface area contributed by atoms with Crippen LogP contribution in [0.2, 0.25) is 0 Å². The summed E-state index contributed by atoms with van der Waals surface area (Å²) in [7, 11) is 2.02. The maximum atomic E-state index is 4.44. The van der Waals surface area contributed by atoms with Crippen molar-refractivity contribution in [1.29, 1.82) is 0 Å². The van der Waals surface area contributed by atoms with Crippen LogP contribution in [0.3, 0.4) is 0 Å². The van der Waals surface area contributed by atoms with Gasteiger partial charge in [0.15, 0.2) is 0 Å². The first-order valence-electron chi connectivity index (χ1n) is 7.25. The molecule has 1 aromatic rings. The Balaban J connectivity index is 1.67. The zero-order valence-corrected chi connectivity index (χ0v) is 11.8. The van der Waals surface area contributed by atoms with Crippen LogP contribution in [0.4, 0.5) is 11.6 Å². The molecule has 0 radical (unpaired) electrons. The van der Waals surface area contributed by atoms with Gasteiger partial charge in [-0.2, -0.15) is 0 Å².